The van der Waals surface area contributed by atoms with Gasteiger partial charge in [0.05, 0.1) is 0 Å². The van der Waals surface area contributed by atoms with E-state index in [0.29, 0.717) is 19.6 Å². The van der Waals surface area contributed by atoms with Crippen molar-refractivity contribution in [2.45, 2.75) is 19.6 Å². The average molecular weight is 353 g/mol. The van der Waals surface area contributed by atoms with Crippen molar-refractivity contribution in [3.05, 3.63) is 47.2 Å². The second-order valence-corrected chi connectivity index (χ2v) is 6.03. The van der Waals surface area contributed by atoms with E-state index in [-0.39, 0.29) is 11.8 Å². The summed E-state index contributed by atoms with van der Waals surface area (Å²) >= 11 is 0. The molecule has 0 aliphatic heterocycles. The predicted octanol–water partition coefficient (Wildman–Crippen LogP) is 3.39. The van der Waals surface area contributed by atoms with Crippen LogP contribution in [0.5, 0.6) is 0 Å². The minimum atomic E-state index is -4.53. The lowest BCUT2D eigenvalue weighted by Crippen LogP contribution is -2.22. The Labute approximate surface area is 145 Å². The number of hydrogen-bond donors (Lipinski definition) is 2. The minimum Gasteiger partial charge on any atom is -0.366 e. The van der Waals surface area contributed by atoms with Gasteiger partial charge >= 0.3 is 6.18 Å². The molecule has 0 spiro atoms. The van der Waals surface area contributed by atoms with Crippen molar-refractivity contribution < 1.29 is 13.2 Å². The maximum absolute atomic E-state index is 13.1. The van der Waals surface area contributed by atoms with E-state index in [1.54, 1.807) is 0 Å². The van der Waals surface area contributed by atoms with Crippen LogP contribution in [0.2, 0.25) is 0 Å². The number of aryl methyl sites for hydroxylation is 1. The Bertz CT molecular complexity index is 701. The van der Waals surface area contributed by atoms with Gasteiger partial charge < -0.3 is 15.5 Å². The molecule has 2 aromatic rings. The summed E-state index contributed by atoms with van der Waals surface area (Å²) in [5, 5.41) is 5.77. The number of halogens is 3. The Morgan fingerprint density at radius 1 is 1.08 bits per heavy atom. The van der Waals surface area contributed by atoms with Gasteiger partial charge in [-0.2, -0.15) is 18.2 Å². The lowest BCUT2D eigenvalue weighted by molar-refractivity contribution is -0.141. The number of aromatic nitrogens is 2. The molecule has 25 heavy (non-hydrogen) atoms. The smallest absolute Gasteiger partial charge is 0.366 e. The maximum Gasteiger partial charge on any atom is 0.433 e. The fraction of sp³-hybridized carbons (Fsp3) is 0.412. The van der Waals surface area contributed by atoms with E-state index in [1.165, 1.54) is 0 Å². The molecule has 0 saturated heterocycles. The van der Waals surface area contributed by atoms with Gasteiger partial charge in [-0.05, 0) is 26.6 Å². The van der Waals surface area contributed by atoms with E-state index < -0.39 is 11.9 Å². The van der Waals surface area contributed by atoms with Crippen LogP contribution >= 0.6 is 0 Å². The summed E-state index contributed by atoms with van der Waals surface area (Å²) in [6.45, 7) is 3.45. The molecule has 0 saturated carbocycles. The highest BCUT2D eigenvalue weighted by Crippen LogP contribution is 2.29. The van der Waals surface area contributed by atoms with Gasteiger partial charge in [0.15, 0.2) is 5.69 Å². The number of nitrogens with zero attached hydrogens (tertiary/aromatic N) is 3. The van der Waals surface area contributed by atoms with Crippen molar-refractivity contribution in [1.82, 2.24) is 14.9 Å². The fourth-order valence-electron chi connectivity index (χ4n) is 2.17. The predicted molar refractivity (Wildman–Crippen MR) is 92.6 cm³/mol. The third-order valence-corrected chi connectivity index (χ3v) is 3.41. The zero-order chi connectivity index (χ0) is 18.4. The van der Waals surface area contributed by atoms with Gasteiger partial charge in [0.1, 0.15) is 5.82 Å². The van der Waals surface area contributed by atoms with Gasteiger partial charge in [-0.25, -0.2) is 4.98 Å². The molecule has 0 bridgehead atoms. The van der Waals surface area contributed by atoms with Crippen LogP contribution in [0.25, 0.3) is 0 Å². The molecule has 2 N–H and O–H groups in total. The number of nitrogens with one attached hydrogen (secondary N) is 2. The van der Waals surface area contributed by atoms with Gasteiger partial charge in [0, 0.05) is 25.7 Å². The van der Waals surface area contributed by atoms with Gasteiger partial charge in [-0.15, -0.1) is 0 Å². The van der Waals surface area contributed by atoms with E-state index in [4.69, 9.17) is 0 Å². The summed E-state index contributed by atoms with van der Waals surface area (Å²) in [4.78, 5) is 9.61. The molecule has 8 heteroatoms. The largest absolute Gasteiger partial charge is 0.433 e. The monoisotopic (exact) mass is 353 g/mol. The van der Waals surface area contributed by atoms with Crippen molar-refractivity contribution >= 4 is 11.8 Å². The molecule has 0 radical (unpaired) electrons. The van der Waals surface area contributed by atoms with Crippen LogP contribution in [-0.2, 0) is 12.7 Å². The van der Waals surface area contributed by atoms with Crippen molar-refractivity contribution in [3.63, 3.8) is 0 Å². The quantitative estimate of drug-likeness (QED) is 0.799. The second kappa shape index (κ2) is 8.15. The van der Waals surface area contributed by atoms with Crippen molar-refractivity contribution in [3.8, 4) is 0 Å². The SMILES string of the molecule is Cc1cccc(CNc2cc(C(F)(F)F)nc(NCCN(C)C)n2)c1. The van der Waals surface area contributed by atoms with Crippen LogP contribution in [0, 0.1) is 6.92 Å². The Kier molecular flexibility index (Phi) is 6.19. The molecular weight excluding hydrogens is 331 g/mol. The molecule has 1 aromatic heterocycles. The normalized spacial score (nSPS) is 11.6. The van der Waals surface area contributed by atoms with E-state index in [0.717, 1.165) is 17.2 Å². The van der Waals surface area contributed by atoms with E-state index in [9.17, 15) is 13.2 Å². The standard InChI is InChI=1S/C17H22F3N5/c1-12-5-4-6-13(9-12)11-22-15-10-14(17(18,19)20)23-16(24-15)21-7-8-25(2)3/h4-6,9-10H,7-8,11H2,1-3H3,(H2,21,22,23,24). The minimum absolute atomic E-state index is 0.0385. The highest BCUT2D eigenvalue weighted by atomic mass is 19.4. The third-order valence-electron chi connectivity index (χ3n) is 3.41. The molecule has 2 rings (SSSR count). The number of anilines is 2. The molecule has 0 atom stereocenters. The topological polar surface area (TPSA) is 53.1 Å². The van der Waals surface area contributed by atoms with E-state index in [2.05, 4.69) is 20.6 Å². The van der Waals surface area contributed by atoms with Crippen LogP contribution in [0.4, 0.5) is 24.9 Å². The summed E-state index contributed by atoms with van der Waals surface area (Å²) in [6, 6.07) is 8.66. The summed E-state index contributed by atoms with van der Waals surface area (Å²) < 4.78 is 39.2. The van der Waals surface area contributed by atoms with Crippen LogP contribution in [0.15, 0.2) is 30.3 Å². The first-order chi connectivity index (χ1) is 11.7. The molecule has 0 unspecified atom stereocenters. The summed E-state index contributed by atoms with van der Waals surface area (Å²) in [5.41, 5.74) is 1.08. The van der Waals surface area contributed by atoms with Gasteiger partial charge in [0.25, 0.3) is 0 Å². The fourth-order valence-corrected chi connectivity index (χ4v) is 2.17. The van der Waals surface area contributed by atoms with Gasteiger partial charge in [0.2, 0.25) is 5.95 Å². The van der Waals surface area contributed by atoms with E-state index in [1.807, 2.05) is 50.2 Å². The average Bonchev–Trinajstić information content (AvgIpc) is 2.52. The molecule has 0 aliphatic carbocycles. The first kappa shape index (κ1) is 19.0. The number of hydrogen-bond acceptors (Lipinski definition) is 5. The van der Waals surface area contributed by atoms with Crippen LogP contribution in [-0.4, -0.2) is 42.1 Å². The summed E-state index contributed by atoms with van der Waals surface area (Å²) in [6.07, 6.45) is -4.53. The summed E-state index contributed by atoms with van der Waals surface area (Å²) in [5.74, 6) is 0.0969. The van der Waals surface area contributed by atoms with Gasteiger partial charge in [-0.1, -0.05) is 29.8 Å². The van der Waals surface area contributed by atoms with Crippen molar-refractivity contribution in [2.24, 2.45) is 0 Å². The zero-order valence-electron chi connectivity index (χ0n) is 14.5. The van der Waals surface area contributed by atoms with Crippen LogP contribution in [0.3, 0.4) is 0 Å². The molecule has 5 nitrogen and oxygen atoms in total. The highest BCUT2D eigenvalue weighted by Gasteiger charge is 2.33. The maximum atomic E-state index is 13.1. The zero-order valence-corrected chi connectivity index (χ0v) is 14.5. The molecule has 0 amide bonds. The number of benzene rings is 1. The van der Waals surface area contributed by atoms with Crippen LogP contribution in [0.1, 0.15) is 16.8 Å². The first-order valence-electron chi connectivity index (χ1n) is 7.88. The number of rotatable bonds is 7. The summed E-state index contributed by atoms with van der Waals surface area (Å²) in [7, 11) is 3.76. The Hall–Kier alpha value is -2.35. The lowest BCUT2D eigenvalue weighted by atomic mass is 10.1. The Morgan fingerprint density at radius 2 is 1.84 bits per heavy atom. The Balaban J connectivity index is 2.14. The first-order valence-corrected chi connectivity index (χ1v) is 7.88. The number of likely N-dealkylation sites (N-methyl/N-ethyl adjacent to an activating group) is 1. The molecule has 1 heterocycles. The van der Waals surface area contributed by atoms with E-state index >= 15 is 0 Å². The lowest BCUT2D eigenvalue weighted by Gasteiger charge is -2.14. The molecule has 1 aromatic carbocycles. The molecule has 136 valence electrons. The van der Waals surface area contributed by atoms with Gasteiger partial charge in [-0.3, -0.25) is 0 Å². The molecular formula is C17H22F3N5. The molecule has 0 fully saturated rings. The van der Waals surface area contributed by atoms with Crippen molar-refractivity contribution in [2.75, 3.05) is 37.8 Å². The van der Waals surface area contributed by atoms with Crippen LogP contribution < -0.4 is 10.6 Å². The van der Waals surface area contributed by atoms with Crippen molar-refractivity contribution in [1.29, 1.82) is 0 Å². The highest BCUT2D eigenvalue weighted by molar-refractivity contribution is 5.44. The number of alkyl halides is 3. The Morgan fingerprint density at radius 3 is 2.48 bits per heavy atom. The molecule has 0 aliphatic rings. The third kappa shape index (κ3) is 6.22. The second-order valence-electron chi connectivity index (χ2n) is 6.03.